The molecule has 0 aliphatic carbocycles. The molecule has 0 saturated carbocycles. The van der Waals surface area contributed by atoms with Crippen LogP contribution in [0.4, 0.5) is 10.5 Å². The molecule has 24 heavy (non-hydrogen) atoms. The molecule has 1 saturated heterocycles. The Balaban J connectivity index is 1.87. The number of carboxylic acid groups (broad SMARTS) is 1. The van der Waals surface area contributed by atoms with Crippen molar-refractivity contribution in [1.82, 2.24) is 5.32 Å². The molecular weight excluding hydrogens is 332 g/mol. The average Bonchev–Trinajstić information content (AvgIpc) is 2.83. The van der Waals surface area contributed by atoms with Gasteiger partial charge in [0.05, 0.1) is 11.7 Å². The molecule has 2 aromatic rings. The van der Waals surface area contributed by atoms with Gasteiger partial charge in [-0.3, -0.25) is 4.79 Å². The van der Waals surface area contributed by atoms with Crippen LogP contribution in [0.25, 0.3) is 6.08 Å². The van der Waals surface area contributed by atoms with E-state index < -0.39 is 17.9 Å². The summed E-state index contributed by atoms with van der Waals surface area (Å²) in [5, 5.41) is 13.7. The number of nitrogens with zero attached hydrogens (tertiary/aromatic N) is 1. The minimum atomic E-state index is -1.28. The minimum Gasteiger partial charge on any atom is -0.545 e. The molecule has 0 spiro atoms. The molecule has 2 aromatic carbocycles. The first-order valence-corrected chi connectivity index (χ1v) is 7.27. The van der Waals surface area contributed by atoms with E-state index in [1.165, 1.54) is 30.3 Å². The van der Waals surface area contributed by atoms with Crippen molar-refractivity contribution in [3.05, 3.63) is 70.4 Å². The van der Waals surface area contributed by atoms with Crippen LogP contribution in [0.1, 0.15) is 15.9 Å². The Bertz CT molecular complexity index is 857. The molecule has 0 aromatic heterocycles. The maximum atomic E-state index is 12.4. The zero-order valence-electron chi connectivity index (χ0n) is 12.2. The fourth-order valence-electron chi connectivity index (χ4n) is 2.24. The zero-order chi connectivity index (χ0) is 17.3. The highest BCUT2D eigenvalue weighted by Gasteiger charge is 2.34. The Kier molecular flexibility index (Phi) is 4.05. The normalized spacial score (nSPS) is 15.7. The molecule has 0 unspecified atom stereocenters. The number of anilines is 1. The van der Waals surface area contributed by atoms with Crippen LogP contribution >= 0.6 is 11.6 Å². The predicted molar refractivity (Wildman–Crippen MR) is 86.2 cm³/mol. The van der Waals surface area contributed by atoms with Crippen LogP contribution in [0, 0.1) is 0 Å². The number of urea groups is 1. The third kappa shape index (κ3) is 3.00. The van der Waals surface area contributed by atoms with E-state index in [9.17, 15) is 19.5 Å². The summed E-state index contributed by atoms with van der Waals surface area (Å²) in [5.74, 6) is -1.79. The average molecular weight is 342 g/mol. The van der Waals surface area contributed by atoms with Crippen molar-refractivity contribution in [1.29, 1.82) is 0 Å². The smallest absolute Gasteiger partial charge is 0.333 e. The van der Waals surface area contributed by atoms with Gasteiger partial charge < -0.3 is 15.2 Å². The maximum Gasteiger partial charge on any atom is 0.333 e. The number of carbonyl (C=O) groups excluding carboxylic acids is 3. The molecule has 6 nitrogen and oxygen atoms in total. The highest BCUT2D eigenvalue weighted by molar-refractivity contribution is 6.31. The van der Waals surface area contributed by atoms with Gasteiger partial charge in [-0.1, -0.05) is 35.9 Å². The lowest BCUT2D eigenvalue weighted by Crippen LogP contribution is -2.30. The van der Waals surface area contributed by atoms with Gasteiger partial charge in [0.2, 0.25) is 0 Å². The maximum absolute atomic E-state index is 12.4. The summed E-state index contributed by atoms with van der Waals surface area (Å²) < 4.78 is 0. The van der Waals surface area contributed by atoms with Crippen LogP contribution < -0.4 is 15.3 Å². The molecule has 3 amide bonds. The Morgan fingerprint density at radius 1 is 1.04 bits per heavy atom. The molecule has 1 N–H and O–H groups in total. The number of halogens is 1. The highest BCUT2D eigenvalue weighted by atomic mass is 35.5. The van der Waals surface area contributed by atoms with Gasteiger partial charge in [-0.2, -0.15) is 0 Å². The van der Waals surface area contributed by atoms with Gasteiger partial charge in [-0.15, -0.1) is 0 Å². The van der Waals surface area contributed by atoms with Crippen molar-refractivity contribution in [3.63, 3.8) is 0 Å². The van der Waals surface area contributed by atoms with Gasteiger partial charge in [0.1, 0.15) is 5.70 Å². The van der Waals surface area contributed by atoms with Gasteiger partial charge >= 0.3 is 6.03 Å². The topological polar surface area (TPSA) is 89.5 Å². The van der Waals surface area contributed by atoms with Crippen LogP contribution in [-0.4, -0.2) is 17.9 Å². The van der Waals surface area contributed by atoms with Crippen LogP contribution in [0.3, 0.4) is 0 Å². The van der Waals surface area contributed by atoms with Crippen molar-refractivity contribution < 1.29 is 19.5 Å². The van der Waals surface area contributed by atoms with Gasteiger partial charge in [-0.25, -0.2) is 9.69 Å². The van der Waals surface area contributed by atoms with Crippen molar-refractivity contribution in [2.24, 2.45) is 0 Å². The van der Waals surface area contributed by atoms with E-state index in [1.807, 2.05) is 0 Å². The molecule has 1 aliphatic heterocycles. The van der Waals surface area contributed by atoms with Crippen molar-refractivity contribution in [3.8, 4) is 0 Å². The van der Waals surface area contributed by atoms with Crippen LogP contribution in [0.5, 0.6) is 0 Å². The Morgan fingerprint density at radius 2 is 1.67 bits per heavy atom. The lowest BCUT2D eigenvalue weighted by Gasteiger charge is -2.11. The number of nitrogens with one attached hydrogen (secondary N) is 1. The summed E-state index contributed by atoms with van der Waals surface area (Å²) in [5.41, 5.74) is 1.09. The number of hydrogen-bond acceptors (Lipinski definition) is 4. The largest absolute Gasteiger partial charge is 0.545 e. The van der Waals surface area contributed by atoms with Crippen molar-refractivity contribution >= 4 is 41.3 Å². The summed E-state index contributed by atoms with van der Waals surface area (Å²) in [6, 6.07) is 11.5. The number of amides is 3. The Morgan fingerprint density at radius 3 is 2.25 bits per heavy atom. The number of imide groups is 1. The quantitative estimate of drug-likeness (QED) is 0.681. The first-order chi connectivity index (χ1) is 11.5. The Labute approximate surface area is 142 Å². The molecule has 7 heteroatoms. The number of carbonyl (C=O) groups is 3. The monoisotopic (exact) mass is 341 g/mol. The summed E-state index contributed by atoms with van der Waals surface area (Å²) in [7, 11) is 0. The predicted octanol–water partition coefficient (Wildman–Crippen LogP) is 1.80. The number of benzene rings is 2. The highest BCUT2D eigenvalue weighted by Crippen LogP contribution is 2.23. The molecule has 0 atom stereocenters. The summed E-state index contributed by atoms with van der Waals surface area (Å²) in [6.07, 6.45) is 1.47. The van der Waals surface area contributed by atoms with E-state index in [4.69, 9.17) is 11.6 Å². The van der Waals surface area contributed by atoms with Gasteiger partial charge in [0.15, 0.2) is 0 Å². The first-order valence-electron chi connectivity index (χ1n) is 6.90. The first kappa shape index (κ1) is 15.8. The van der Waals surface area contributed by atoms with E-state index in [0.29, 0.717) is 16.3 Å². The van der Waals surface area contributed by atoms with Crippen LogP contribution in [0.15, 0.2) is 54.2 Å². The molecule has 0 bridgehead atoms. The number of hydrogen-bond donors (Lipinski definition) is 1. The Hall–Kier alpha value is -3.12. The minimum absolute atomic E-state index is 0.0294. The van der Waals surface area contributed by atoms with Crippen molar-refractivity contribution in [2.45, 2.75) is 0 Å². The van der Waals surface area contributed by atoms with Crippen LogP contribution in [-0.2, 0) is 4.79 Å². The lowest BCUT2D eigenvalue weighted by atomic mass is 10.1. The SMILES string of the molecule is O=C([O-])c1ccc(/C=C2/NC(=O)N(c3ccc(Cl)cc3)C2=O)cc1. The molecule has 0 radical (unpaired) electrons. The number of rotatable bonds is 3. The van der Waals surface area contributed by atoms with E-state index in [-0.39, 0.29) is 11.3 Å². The second-order valence-electron chi connectivity index (χ2n) is 5.01. The summed E-state index contributed by atoms with van der Waals surface area (Å²) in [6.45, 7) is 0. The molecule has 120 valence electrons. The molecule has 1 heterocycles. The van der Waals surface area contributed by atoms with E-state index in [1.54, 1.807) is 24.3 Å². The molecule has 3 rings (SSSR count). The van der Waals surface area contributed by atoms with Gasteiger partial charge in [0, 0.05) is 5.02 Å². The van der Waals surface area contributed by atoms with E-state index in [0.717, 1.165) is 4.90 Å². The fourth-order valence-corrected chi connectivity index (χ4v) is 2.37. The van der Waals surface area contributed by atoms with E-state index >= 15 is 0 Å². The zero-order valence-corrected chi connectivity index (χ0v) is 12.9. The van der Waals surface area contributed by atoms with E-state index in [2.05, 4.69) is 5.32 Å². The third-order valence-electron chi connectivity index (χ3n) is 3.42. The van der Waals surface area contributed by atoms with Crippen molar-refractivity contribution in [2.75, 3.05) is 4.90 Å². The molecular formula is C17H10ClN2O4-. The summed E-state index contributed by atoms with van der Waals surface area (Å²) in [4.78, 5) is 36.2. The van der Waals surface area contributed by atoms with Gasteiger partial charge in [0.25, 0.3) is 5.91 Å². The number of carboxylic acids is 1. The third-order valence-corrected chi connectivity index (χ3v) is 3.67. The standard InChI is InChI=1S/C17H11ClN2O4/c18-12-5-7-13(8-6-12)20-15(21)14(19-17(20)24)9-10-1-3-11(4-2-10)16(22)23/h1-9H,(H,19,24)(H,22,23)/p-1/b14-9+. The molecule has 1 fully saturated rings. The van der Waals surface area contributed by atoms with Gasteiger partial charge in [-0.05, 0) is 41.5 Å². The second-order valence-corrected chi connectivity index (χ2v) is 5.45. The molecule has 1 aliphatic rings. The second kappa shape index (κ2) is 6.17. The fraction of sp³-hybridized carbons (Fsp3) is 0. The lowest BCUT2D eigenvalue weighted by molar-refractivity contribution is -0.255. The summed E-state index contributed by atoms with van der Waals surface area (Å²) >= 11 is 5.80. The number of aromatic carboxylic acids is 1. The van der Waals surface area contributed by atoms with Crippen LogP contribution in [0.2, 0.25) is 5.02 Å².